The number of nitrogens with zero attached hydrogens (tertiary/aromatic N) is 2. The summed E-state index contributed by atoms with van der Waals surface area (Å²) >= 11 is 0. The van der Waals surface area contributed by atoms with Gasteiger partial charge in [0, 0.05) is 42.3 Å². The molecule has 1 aliphatic heterocycles. The van der Waals surface area contributed by atoms with Crippen LogP contribution < -0.4 is 4.90 Å². The van der Waals surface area contributed by atoms with E-state index in [-0.39, 0.29) is 11.6 Å². The molecule has 0 bridgehead atoms. The average molecular weight is 370 g/mol. The maximum Gasteiger partial charge on any atom is 0.177 e. The first-order valence-electron chi connectivity index (χ1n) is 9.43. The number of ketones is 2. The molecule has 0 fully saturated rings. The van der Waals surface area contributed by atoms with Crippen molar-refractivity contribution >= 4 is 17.3 Å². The lowest BCUT2D eigenvalue weighted by molar-refractivity contribution is 0.0805. The van der Waals surface area contributed by atoms with E-state index in [0.717, 1.165) is 22.4 Å². The minimum atomic E-state index is -0.700. The van der Waals surface area contributed by atoms with E-state index in [2.05, 4.69) is 9.88 Å². The number of carbonyl (C=O) groups is 2. The van der Waals surface area contributed by atoms with Crippen molar-refractivity contribution in [3.63, 3.8) is 0 Å². The van der Waals surface area contributed by atoms with E-state index < -0.39 is 5.92 Å². The van der Waals surface area contributed by atoms with Crippen molar-refractivity contribution in [2.24, 2.45) is 5.92 Å². The SMILES string of the molecule is Cc1ccc(C(=O)C2CN(Cc3cccnc3)c3ccccc3C2=O)cc1C. The van der Waals surface area contributed by atoms with Gasteiger partial charge in [0.15, 0.2) is 11.6 Å². The predicted octanol–water partition coefficient (Wildman–Crippen LogP) is 4.40. The van der Waals surface area contributed by atoms with Crippen molar-refractivity contribution in [2.45, 2.75) is 20.4 Å². The molecule has 2 aromatic carbocycles. The van der Waals surface area contributed by atoms with Gasteiger partial charge in [-0.25, -0.2) is 0 Å². The van der Waals surface area contributed by atoms with Gasteiger partial charge in [-0.15, -0.1) is 0 Å². The second kappa shape index (κ2) is 7.39. The summed E-state index contributed by atoms with van der Waals surface area (Å²) in [7, 11) is 0. The molecule has 1 atom stereocenters. The molecule has 1 aromatic heterocycles. The van der Waals surface area contributed by atoms with Crippen molar-refractivity contribution < 1.29 is 9.59 Å². The molecule has 0 radical (unpaired) electrons. The highest BCUT2D eigenvalue weighted by molar-refractivity contribution is 6.19. The van der Waals surface area contributed by atoms with Crippen molar-refractivity contribution in [3.05, 3.63) is 94.8 Å². The predicted molar refractivity (Wildman–Crippen MR) is 110 cm³/mol. The topological polar surface area (TPSA) is 50.3 Å². The van der Waals surface area contributed by atoms with E-state index >= 15 is 0 Å². The molecule has 0 spiro atoms. The largest absolute Gasteiger partial charge is 0.365 e. The molecule has 140 valence electrons. The smallest absolute Gasteiger partial charge is 0.177 e. The van der Waals surface area contributed by atoms with Gasteiger partial charge in [-0.1, -0.05) is 30.3 Å². The Labute approximate surface area is 164 Å². The molecular weight excluding hydrogens is 348 g/mol. The molecule has 0 N–H and O–H groups in total. The Morgan fingerprint density at radius 1 is 1.07 bits per heavy atom. The number of aromatic nitrogens is 1. The summed E-state index contributed by atoms with van der Waals surface area (Å²) in [5.74, 6) is -0.909. The van der Waals surface area contributed by atoms with Crippen LogP contribution >= 0.6 is 0 Å². The van der Waals surface area contributed by atoms with Crippen LogP contribution in [-0.2, 0) is 6.54 Å². The quantitative estimate of drug-likeness (QED) is 0.504. The Morgan fingerprint density at radius 3 is 2.64 bits per heavy atom. The summed E-state index contributed by atoms with van der Waals surface area (Å²) in [5, 5.41) is 0. The van der Waals surface area contributed by atoms with E-state index in [1.165, 1.54) is 0 Å². The second-order valence-electron chi connectivity index (χ2n) is 7.34. The Bertz CT molecular complexity index is 1040. The Hall–Kier alpha value is -3.27. The molecule has 0 saturated carbocycles. The monoisotopic (exact) mass is 370 g/mol. The highest BCUT2D eigenvalue weighted by Gasteiger charge is 2.36. The van der Waals surface area contributed by atoms with Crippen molar-refractivity contribution in [3.8, 4) is 0 Å². The molecule has 4 nitrogen and oxygen atoms in total. The molecule has 0 saturated heterocycles. The van der Waals surface area contributed by atoms with Crippen LogP contribution in [0.1, 0.15) is 37.4 Å². The van der Waals surface area contributed by atoms with Gasteiger partial charge in [-0.2, -0.15) is 0 Å². The van der Waals surface area contributed by atoms with E-state index in [1.54, 1.807) is 6.20 Å². The zero-order valence-electron chi connectivity index (χ0n) is 16.1. The summed E-state index contributed by atoms with van der Waals surface area (Å²) < 4.78 is 0. The highest BCUT2D eigenvalue weighted by Crippen LogP contribution is 2.32. The maximum absolute atomic E-state index is 13.2. The fraction of sp³-hybridized carbons (Fsp3) is 0.208. The van der Waals surface area contributed by atoms with Crippen molar-refractivity contribution in [1.82, 2.24) is 4.98 Å². The Balaban J connectivity index is 1.70. The van der Waals surface area contributed by atoms with E-state index in [4.69, 9.17) is 0 Å². The van der Waals surface area contributed by atoms with Crippen LogP contribution in [0.3, 0.4) is 0 Å². The summed E-state index contributed by atoms with van der Waals surface area (Å²) in [4.78, 5) is 32.6. The molecule has 2 heterocycles. The van der Waals surface area contributed by atoms with Crippen LogP contribution in [0, 0.1) is 19.8 Å². The number of Topliss-reactive ketones (excluding diaryl/α,β-unsaturated/α-hetero) is 2. The number of anilines is 1. The first-order valence-corrected chi connectivity index (χ1v) is 9.43. The zero-order valence-corrected chi connectivity index (χ0v) is 16.1. The fourth-order valence-electron chi connectivity index (χ4n) is 3.71. The normalized spacial score (nSPS) is 16.0. The van der Waals surface area contributed by atoms with Crippen molar-refractivity contribution in [2.75, 3.05) is 11.4 Å². The van der Waals surface area contributed by atoms with Crippen LogP contribution in [0.4, 0.5) is 5.69 Å². The molecular formula is C24H22N2O2. The summed E-state index contributed by atoms with van der Waals surface area (Å²) in [6.07, 6.45) is 3.56. The fourth-order valence-corrected chi connectivity index (χ4v) is 3.71. The third kappa shape index (κ3) is 3.33. The first kappa shape index (κ1) is 18.1. The molecule has 28 heavy (non-hydrogen) atoms. The van der Waals surface area contributed by atoms with E-state index in [1.807, 2.05) is 74.6 Å². The van der Waals surface area contributed by atoms with Gasteiger partial charge >= 0.3 is 0 Å². The second-order valence-corrected chi connectivity index (χ2v) is 7.34. The zero-order chi connectivity index (χ0) is 19.7. The average Bonchev–Trinajstić information content (AvgIpc) is 2.72. The van der Waals surface area contributed by atoms with E-state index in [0.29, 0.717) is 24.2 Å². The molecule has 4 rings (SSSR count). The van der Waals surface area contributed by atoms with Gasteiger partial charge in [0.2, 0.25) is 0 Å². The standard InChI is InChI=1S/C24H22N2O2/c1-16-9-10-19(12-17(16)2)23(27)21-15-26(14-18-6-5-11-25-13-18)22-8-4-3-7-20(22)24(21)28/h3-13,21H,14-15H2,1-2H3. The molecule has 0 aliphatic carbocycles. The molecule has 3 aromatic rings. The number of aryl methyl sites for hydroxylation is 2. The lowest BCUT2D eigenvalue weighted by Gasteiger charge is -2.34. The maximum atomic E-state index is 13.2. The van der Waals surface area contributed by atoms with Gasteiger partial charge in [0.1, 0.15) is 5.92 Å². The highest BCUT2D eigenvalue weighted by atomic mass is 16.2. The van der Waals surface area contributed by atoms with Crippen LogP contribution in [0.25, 0.3) is 0 Å². The van der Waals surface area contributed by atoms with Gasteiger partial charge in [-0.05, 0) is 54.8 Å². The number of benzene rings is 2. The number of rotatable bonds is 4. The number of fused-ring (bicyclic) bond motifs is 1. The number of carbonyl (C=O) groups excluding carboxylic acids is 2. The lowest BCUT2D eigenvalue weighted by atomic mass is 9.85. The lowest BCUT2D eigenvalue weighted by Crippen LogP contribution is -2.42. The third-order valence-electron chi connectivity index (χ3n) is 5.43. The molecule has 1 aliphatic rings. The van der Waals surface area contributed by atoms with Crippen LogP contribution in [0.15, 0.2) is 67.0 Å². The molecule has 0 amide bonds. The summed E-state index contributed by atoms with van der Waals surface area (Å²) in [5.41, 5.74) is 5.32. The van der Waals surface area contributed by atoms with Crippen LogP contribution in [0.2, 0.25) is 0 Å². The Morgan fingerprint density at radius 2 is 1.89 bits per heavy atom. The Kier molecular flexibility index (Phi) is 4.78. The van der Waals surface area contributed by atoms with Gasteiger partial charge in [0.25, 0.3) is 0 Å². The summed E-state index contributed by atoms with van der Waals surface area (Å²) in [6, 6.07) is 17.1. The number of hydrogen-bond donors (Lipinski definition) is 0. The van der Waals surface area contributed by atoms with Gasteiger partial charge in [0.05, 0.1) is 0 Å². The minimum Gasteiger partial charge on any atom is -0.365 e. The van der Waals surface area contributed by atoms with Crippen molar-refractivity contribution in [1.29, 1.82) is 0 Å². The van der Waals surface area contributed by atoms with Gasteiger partial charge < -0.3 is 4.90 Å². The number of pyridine rings is 1. The minimum absolute atomic E-state index is 0.0961. The third-order valence-corrected chi connectivity index (χ3v) is 5.43. The number of para-hydroxylation sites is 1. The summed E-state index contributed by atoms with van der Waals surface area (Å²) in [6.45, 7) is 4.98. The first-order chi connectivity index (χ1) is 13.5. The van der Waals surface area contributed by atoms with Gasteiger partial charge in [-0.3, -0.25) is 14.6 Å². The van der Waals surface area contributed by atoms with Crippen LogP contribution in [0.5, 0.6) is 0 Å². The molecule has 1 unspecified atom stereocenters. The van der Waals surface area contributed by atoms with Crippen LogP contribution in [-0.4, -0.2) is 23.1 Å². The number of hydrogen-bond acceptors (Lipinski definition) is 4. The molecule has 4 heteroatoms. The van der Waals surface area contributed by atoms with E-state index in [9.17, 15) is 9.59 Å².